The number of hydrogen-bond acceptors (Lipinski definition) is 2. The number of anilines is 1. The third-order valence-corrected chi connectivity index (χ3v) is 3.69. The van der Waals surface area contributed by atoms with Crippen molar-refractivity contribution in [3.05, 3.63) is 27.4 Å². The van der Waals surface area contributed by atoms with Gasteiger partial charge in [-0.05, 0) is 48.3 Å². The minimum Gasteiger partial charge on any atom is -0.372 e. The topological polar surface area (TPSA) is 41.1 Å². The van der Waals surface area contributed by atoms with Crippen molar-refractivity contribution in [2.24, 2.45) is 0 Å². The molecule has 2 unspecified atom stereocenters. The van der Waals surface area contributed by atoms with E-state index in [1.54, 1.807) is 6.92 Å². The van der Waals surface area contributed by atoms with Gasteiger partial charge in [-0.2, -0.15) is 0 Å². The van der Waals surface area contributed by atoms with Crippen LogP contribution in [0.3, 0.4) is 0 Å². The summed E-state index contributed by atoms with van der Waals surface area (Å²) in [7, 11) is 0. The van der Waals surface area contributed by atoms with Gasteiger partial charge in [0.2, 0.25) is 5.91 Å². The van der Waals surface area contributed by atoms with Gasteiger partial charge in [-0.15, -0.1) is 0 Å². The average Bonchev–Trinajstić information content (AvgIpc) is 2.32. The van der Waals surface area contributed by atoms with Crippen LogP contribution < -0.4 is 10.6 Å². The number of carbonyl (C=O) groups is 1. The average molecular weight is 352 g/mol. The van der Waals surface area contributed by atoms with Gasteiger partial charge in [-0.25, -0.2) is 4.39 Å². The van der Waals surface area contributed by atoms with E-state index in [9.17, 15) is 9.18 Å². The zero-order valence-electron chi connectivity index (χ0n) is 11.1. The Kier molecular flexibility index (Phi) is 6.07. The summed E-state index contributed by atoms with van der Waals surface area (Å²) in [5.74, 6) is -0.555. The van der Waals surface area contributed by atoms with Gasteiger partial charge in [0, 0.05) is 10.5 Å². The lowest BCUT2D eigenvalue weighted by molar-refractivity contribution is -0.122. The van der Waals surface area contributed by atoms with Crippen LogP contribution in [-0.4, -0.2) is 18.0 Å². The molecule has 0 heterocycles. The Hall–Kier alpha value is -0.810. The van der Waals surface area contributed by atoms with Crippen molar-refractivity contribution in [2.75, 3.05) is 5.32 Å². The second kappa shape index (κ2) is 7.10. The summed E-state index contributed by atoms with van der Waals surface area (Å²) in [4.78, 5) is 11.9. The molecular weight excluding hydrogens is 335 g/mol. The third kappa shape index (κ3) is 4.66. The standard InChI is InChI=1S/C13H17BrClFN2O/c1-4-7(2)17-13(19)8(3)18-12-10(14)5-9(16)6-11(12)15/h5-8,18H,4H2,1-3H3,(H,17,19). The molecule has 0 aliphatic carbocycles. The first-order valence-electron chi connectivity index (χ1n) is 6.06. The van der Waals surface area contributed by atoms with Gasteiger partial charge in [-0.3, -0.25) is 4.79 Å². The fourth-order valence-electron chi connectivity index (χ4n) is 1.43. The van der Waals surface area contributed by atoms with Crippen LogP contribution in [0.15, 0.2) is 16.6 Å². The fourth-order valence-corrected chi connectivity index (χ4v) is 2.35. The lowest BCUT2D eigenvalue weighted by atomic mass is 10.2. The first-order chi connectivity index (χ1) is 8.85. The maximum atomic E-state index is 13.1. The zero-order chi connectivity index (χ0) is 14.6. The summed E-state index contributed by atoms with van der Waals surface area (Å²) in [5.41, 5.74) is 0.509. The minimum absolute atomic E-state index is 0.115. The van der Waals surface area contributed by atoms with Gasteiger partial charge >= 0.3 is 0 Å². The van der Waals surface area contributed by atoms with Crippen LogP contribution in [0.25, 0.3) is 0 Å². The molecule has 2 atom stereocenters. The normalized spacial score (nSPS) is 13.8. The number of benzene rings is 1. The molecule has 0 radical (unpaired) electrons. The highest BCUT2D eigenvalue weighted by atomic mass is 79.9. The van der Waals surface area contributed by atoms with E-state index in [1.807, 2.05) is 13.8 Å². The third-order valence-electron chi connectivity index (χ3n) is 2.76. The molecule has 0 bridgehead atoms. The summed E-state index contributed by atoms with van der Waals surface area (Å²) >= 11 is 9.17. The zero-order valence-corrected chi connectivity index (χ0v) is 13.4. The van der Waals surface area contributed by atoms with Crippen LogP contribution in [0.1, 0.15) is 27.2 Å². The van der Waals surface area contributed by atoms with Crippen molar-refractivity contribution in [2.45, 2.75) is 39.3 Å². The molecule has 6 heteroatoms. The van der Waals surface area contributed by atoms with Crippen LogP contribution in [0.4, 0.5) is 10.1 Å². The second-order valence-electron chi connectivity index (χ2n) is 4.43. The molecule has 1 aromatic rings. The van der Waals surface area contributed by atoms with Gasteiger partial charge in [0.05, 0.1) is 10.7 Å². The van der Waals surface area contributed by atoms with Crippen molar-refractivity contribution in [1.82, 2.24) is 5.32 Å². The molecule has 1 amide bonds. The number of halogens is 3. The van der Waals surface area contributed by atoms with Gasteiger partial charge in [0.25, 0.3) is 0 Å². The lowest BCUT2D eigenvalue weighted by Crippen LogP contribution is -2.41. The van der Waals surface area contributed by atoms with Crippen LogP contribution in [0.5, 0.6) is 0 Å². The molecule has 19 heavy (non-hydrogen) atoms. The SMILES string of the molecule is CCC(C)NC(=O)C(C)Nc1c(Cl)cc(F)cc1Br. The number of carbonyl (C=O) groups excluding carboxylic acids is 1. The predicted molar refractivity (Wildman–Crippen MR) is 80.1 cm³/mol. The lowest BCUT2D eigenvalue weighted by Gasteiger charge is -2.19. The molecule has 2 N–H and O–H groups in total. The van der Waals surface area contributed by atoms with Crippen molar-refractivity contribution < 1.29 is 9.18 Å². The van der Waals surface area contributed by atoms with E-state index < -0.39 is 11.9 Å². The highest BCUT2D eigenvalue weighted by Crippen LogP contribution is 2.32. The molecule has 0 aromatic heterocycles. The van der Waals surface area contributed by atoms with Gasteiger partial charge < -0.3 is 10.6 Å². The van der Waals surface area contributed by atoms with Crippen LogP contribution in [-0.2, 0) is 4.79 Å². The highest BCUT2D eigenvalue weighted by Gasteiger charge is 2.17. The van der Waals surface area contributed by atoms with Crippen LogP contribution in [0.2, 0.25) is 5.02 Å². The van der Waals surface area contributed by atoms with E-state index >= 15 is 0 Å². The second-order valence-corrected chi connectivity index (χ2v) is 5.69. The van der Waals surface area contributed by atoms with Crippen molar-refractivity contribution in [3.63, 3.8) is 0 Å². The smallest absolute Gasteiger partial charge is 0.242 e. The largest absolute Gasteiger partial charge is 0.372 e. The van der Waals surface area contributed by atoms with Crippen molar-refractivity contribution >= 4 is 39.1 Å². The Morgan fingerprint density at radius 3 is 2.63 bits per heavy atom. The molecule has 0 spiro atoms. The van der Waals surface area contributed by atoms with E-state index in [0.717, 1.165) is 6.42 Å². The fraction of sp³-hybridized carbons (Fsp3) is 0.462. The van der Waals surface area contributed by atoms with Gasteiger partial charge in [0.15, 0.2) is 0 Å². The van der Waals surface area contributed by atoms with E-state index in [2.05, 4.69) is 26.6 Å². The molecule has 0 saturated heterocycles. The maximum Gasteiger partial charge on any atom is 0.242 e. The molecule has 0 aliphatic rings. The number of hydrogen-bond donors (Lipinski definition) is 2. The highest BCUT2D eigenvalue weighted by molar-refractivity contribution is 9.10. The molecule has 0 aliphatic heterocycles. The number of rotatable bonds is 5. The molecule has 0 fully saturated rings. The van der Waals surface area contributed by atoms with E-state index in [0.29, 0.717) is 10.2 Å². The maximum absolute atomic E-state index is 13.1. The Bertz CT molecular complexity index is 447. The number of amides is 1. The Balaban J connectivity index is 2.77. The summed E-state index contributed by atoms with van der Waals surface area (Å²) in [5, 5.41) is 6.07. The summed E-state index contributed by atoms with van der Waals surface area (Å²) < 4.78 is 13.6. The molecule has 1 rings (SSSR count). The predicted octanol–water partition coefficient (Wildman–Crippen LogP) is 3.96. The Morgan fingerprint density at radius 1 is 1.47 bits per heavy atom. The molecular formula is C13H17BrClFN2O. The van der Waals surface area contributed by atoms with Crippen molar-refractivity contribution in [1.29, 1.82) is 0 Å². The first kappa shape index (κ1) is 16.2. The Morgan fingerprint density at radius 2 is 2.11 bits per heavy atom. The van der Waals surface area contributed by atoms with Crippen LogP contribution in [0, 0.1) is 5.82 Å². The molecule has 106 valence electrons. The number of nitrogens with one attached hydrogen (secondary N) is 2. The molecule has 3 nitrogen and oxygen atoms in total. The van der Waals surface area contributed by atoms with Crippen molar-refractivity contribution in [3.8, 4) is 0 Å². The van der Waals surface area contributed by atoms with Gasteiger partial charge in [-0.1, -0.05) is 18.5 Å². The quantitative estimate of drug-likeness (QED) is 0.843. The Labute approximate surface area is 126 Å². The first-order valence-corrected chi connectivity index (χ1v) is 7.23. The van der Waals surface area contributed by atoms with Gasteiger partial charge in [0.1, 0.15) is 11.9 Å². The van der Waals surface area contributed by atoms with E-state index in [-0.39, 0.29) is 17.0 Å². The van der Waals surface area contributed by atoms with E-state index in [4.69, 9.17) is 11.6 Å². The monoisotopic (exact) mass is 350 g/mol. The molecule has 0 saturated carbocycles. The minimum atomic E-state index is -0.465. The summed E-state index contributed by atoms with van der Waals surface area (Å²) in [6, 6.07) is 2.15. The summed E-state index contributed by atoms with van der Waals surface area (Å²) in [6.45, 7) is 5.66. The molecule has 1 aromatic carbocycles. The summed E-state index contributed by atoms with van der Waals surface area (Å²) in [6.07, 6.45) is 0.861. The van der Waals surface area contributed by atoms with E-state index in [1.165, 1.54) is 12.1 Å². The van der Waals surface area contributed by atoms with Crippen LogP contribution >= 0.6 is 27.5 Å².